The van der Waals surface area contributed by atoms with Crippen molar-refractivity contribution >= 4 is 21.8 Å². The monoisotopic (exact) mass is 541 g/mol. The van der Waals surface area contributed by atoms with E-state index in [2.05, 4.69) is 153 Å². The Kier molecular flexibility index (Phi) is 5.21. The van der Waals surface area contributed by atoms with Crippen molar-refractivity contribution in [3.05, 3.63) is 151 Å². The highest BCUT2D eigenvalue weighted by atomic mass is 15.1. The number of nitrogens with zero attached hydrogens (tertiary/aromatic N) is 3. The molecule has 3 nitrogen and oxygen atoms in total. The number of para-hydroxylation sites is 2. The molecule has 0 aliphatic carbocycles. The van der Waals surface area contributed by atoms with E-state index in [1.807, 2.05) is 0 Å². The Bertz CT molecular complexity index is 2100. The maximum atomic E-state index is 2.55. The molecule has 2 atom stereocenters. The van der Waals surface area contributed by atoms with E-state index in [0.717, 1.165) is 19.4 Å². The van der Waals surface area contributed by atoms with Crippen molar-refractivity contribution < 1.29 is 9.13 Å². The van der Waals surface area contributed by atoms with Gasteiger partial charge >= 0.3 is 0 Å². The Balaban J connectivity index is 1.25. The maximum Gasteiger partial charge on any atom is 0.213 e. The van der Waals surface area contributed by atoms with Gasteiger partial charge in [-0.3, -0.25) is 0 Å². The van der Waals surface area contributed by atoms with Crippen LogP contribution in [0.15, 0.2) is 140 Å². The summed E-state index contributed by atoms with van der Waals surface area (Å²) in [6, 6.07) is 47.5. The molecule has 0 radical (unpaired) electrons. The molecule has 2 aliphatic rings. The lowest BCUT2D eigenvalue weighted by Crippen LogP contribution is -2.51. The Morgan fingerprint density at radius 2 is 1.29 bits per heavy atom. The molecule has 0 spiro atoms. The van der Waals surface area contributed by atoms with Crippen LogP contribution in [0.2, 0.25) is 0 Å². The number of fused-ring (bicyclic) bond motifs is 12. The fourth-order valence-electron chi connectivity index (χ4n) is 7.74. The second-order valence-corrected chi connectivity index (χ2v) is 11.7. The van der Waals surface area contributed by atoms with Gasteiger partial charge in [-0.15, -0.1) is 0 Å². The van der Waals surface area contributed by atoms with E-state index in [1.165, 1.54) is 61.1 Å². The molecule has 0 amide bonds. The molecule has 3 aromatic heterocycles. The third-order valence-electron chi connectivity index (χ3n) is 9.60. The Labute approximate surface area is 245 Å². The molecule has 7 aromatic rings. The fraction of sp³-hybridized carbons (Fsp3) is 0.128. The highest BCUT2D eigenvalue weighted by Crippen LogP contribution is 2.42. The molecule has 200 valence electrons. The first-order valence-electron chi connectivity index (χ1n) is 15.0. The molecule has 0 saturated heterocycles. The molecule has 5 heterocycles. The molecule has 0 N–H and O–H groups in total. The molecule has 0 fully saturated rings. The zero-order chi connectivity index (χ0) is 27.6. The molecular weight excluding hydrogens is 510 g/mol. The average molecular weight is 542 g/mol. The summed E-state index contributed by atoms with van der Waals surface area (Å²) < 4.78 is 7.49. The van der Waals surface area contributed by atoms with E-state index in [4.69, 9.17) is 0 Å². The van der Waals surface area contributed by atoms with Crippen LogP contribution in [-0.2, 0) is 13.0 Å². The minimum Gasteiger partial charge on any atom is -0.309 e. The lowest BCUT2D eigenvalue weighted by Gasteiger charge is -2.28. The Morgan fingerprint density at radius 3 is 2.12 bits per heavy atom. The lowest BCUT2D eigenvalue weighted by atomic mass is 9.80. The molecular formula is C39H31N3+2. The van der Waals surface area contributed by atoms with Crippen molar-refractivity contribution in [3.8, 4) is 28.2 Å². The second-order valence-electron chi connectivity index (χ2n) is 11.7. The fourth-order valence-corrected chi connectivity index (χ4v) is 7.74. The molecule has 3 heteroatoms. The van der Waals surface area contributed by atoms with Gasteiger partial charge in [0.25, 0.3) is 0 Å². The van der Waals surface area contributed by atoms with Gasteiger partial charge in [0.05, 0.1) is 22.2 Å². The zero-order valence-corrected chi connectivity index (χ0v) is 23.4. The van der Waals surface area contributed by atoms with Crippen LogP contribution in [0.5, 0.6) is 0 Å². The SMILES string of the molecule is c1ccc2c(c1)-c1cccc[n+]1C1CCc3ccc(-n4c5ccccc5c5ccccc54)cc3-c3cccc[n+]3CC21. The van der Waals surface area contributed by atoms with Crippen molar-refractivity contribution in [2.75, 3.05) is 0 Å². The highest BCUT2D eigenvalue weighted by Gasteiger charge is 2.43. The van der Waals surface area contributed by atoms with Crippen molar-refractivity contribution in [3.63, 3.8) is 0 Å². The largest absolute Gasteiger partial charge is 0.309 e. The lowest BCUT2D eigenvalue weighted by molar-refractivity contribution is -0.741. The van der Waals surface area contributed by atoms with Crippen LogP contribution in [-0.4, -0.2) is 4.57 Å². The number of pyridine rings is 2. The van der Waals surface area contributed by atoms with E-state index in [9.17, 15) is 0 Å². The number of hydrogen-bond donors (Lipinski definition) is 0. The summed E-state index contributed by atoms with van der Waals surface area (Å²) in [6.07, 6.45) is 6.70. The third kappa shape index (κ3) is 3.46. The summed E-state index contributed by atoms with van der Waals surface area (Å²) in [7, 11) is 0. The van der Waals surface area contributed by atoms with Gasteiger partial charge in [0.15, 0.2) is 25.0 Å². The van der Waals surface area contributed by atoms with E-state index in [0.29, 0.717) is 12.0 Å². The van der Waals surface area contributed by atoms with Crippen LogP contribution in [0.1, 0.15) is 29.5 Å². The van der Waals surface area contributed by atoms with Crippen LogP contribution in [0.25, 0.3) is 50.0 Å². The summed E-state index contributed by atoms with van der Waals surface area (Å²) in [6.45, 7) is 0.943. The average Bonchev–Trinajstić information content (AvgIpc) is 3.42. The summed E-state index contributed by atoms with van der Waals surface area (Å²) in [5.41, 5.74) is 11.9. The number of rotatable bonds is 1. The van der Waals surface area contributed by atoms with Gasteiger partial charge in [0.1, 0.15) is 5.92 Å². The molecule has 9 rings (SSSR count). The van der Waals surface area contributed by atoms with Crippen LogP contribution < -0.4 is 9.13 Å². The smallest absolute Gasteiger partial charge is 0.213 e. The topological polar surface area (TPSA) is 12.7 Å². The van der Waals surface area contributed by atoms with E-state index >= 15 is 0 Å². The molecule has 0 saturated carbocycles. The second kappa shape index (κ2) is 9.25. The minimum atomic E-state index is 0.387. The van der Waals surface area contributed by atoms with Crippen LogP contribution >= 0.6 is 0 Å². The predicted octanol–water partition coefficient (Wildman–Crippen LogP) is 7.98. The molecule has 2 unspecified atom stereocenters. The number of benzene rings is 4. The van der Waals surface area contributed by atoms with Crippen LogP contribution in [0, 0.1) is 0 Å². The number of aryl methyl sites for hydroxylation is 1. The summed E-state index contributed by atoms with van der Waals surface area (Å²) in [5, 5.41) is 2.59. The van der Waals surface area contributed by atoms with Crippen molar-refractivity contribution in [1.29, 1.82) is 0 Å². The predicted molar refractivity (Wildman–Crippen MR) is 169 cm³/mol. The zero-order valence-electron chi connectivity index (χ0n) is 23.4. The molecule has 42 heavy (non-hydrogen) atoms. The summed E-state index contributed by atoms with van der Waals surface area (Å²) in [4.78, 5) is 0. The maximum absolute atomic E-state index is 2.55. The van der Waals surface area contributed by atoms with Gasteiger partial charge < -0.3 is 4.57 Å². The van der Waals surface area contributed by atoms with E-state index in [-0.39, 0.29) is 0 Å². The minimum absolute atomic E-state index is 0.387. The first-order valence-corrected chi connectivity index (χ1v) is 15.0. The van der Waals surface area contributed by atoms with Crippen LogP contribution in [0.4, 0.5) is 0 Å². The Hall–Kier alpha value is -5.02. The summed E-state index contributed by atoms with van der Waals surface area (Å²) in [5.74, 6) is 0.387. The van der Waals surface area contributed by atoms with Gasteiger partial charge in [-0.05, 0) is 60.0 Å². The van der Waals surface area contributed by atoms with E-state index < -0.39 is 0 Å². The van der Waals surface area contributed by atoms with Crippen molar-refractivity contribution in [2.45, 2.75) is 31.3 Å². The highest BCUT2D eigenvalue weighted by molar-refractivity contribution is 6.09. The van der Waals surface area contributed by atoms with Gasteiger partial charge in [-0.1, -0.05) is 60.7 Å². The molecule has 0 bridgehead atoms. The Morgan fingerprint density at radius 1 is 0.595 bits per heavy atom. The quantitative estimate of drug-likeness (QED) is 0.187. The number of aromatic nitrogens is 3. The van der Waals surface area contributed by atoms with Gasteiger partial charge in [0.2, 0.25) is 11.4 Å². The van der Waals surface area contributed by atoms with Gasteiger partial charge in [0, 0.05) is 47.1 Å². The van der Waals surface area contributed by atoms with Gasteiger partial charge in [-0.25, -0.2) is 0 Å². The van der Waals surface area contributed by atoms with Crippen LogP contribution in [0.3, 0.4) is 0 Å². The van der Waals surface area contributed by atoms with E-state index in [1.54, 1.807) is 0 Å². The van der Waals surface area contributed by atoms with Crippen molar-refractivity contribution in [2.24, 2.45) is 0 Å². The molecule has 4 aromatic carbocycles. The summed E-state index contributed by atoms with van der Waals surface area (Å²) >= 11 is 0. The standard InChI is InChI=1S/C39H31N3/c1-2-12-30-29(11-1)34-26-40-23-9-7-15-35(40)33-25-28(21-19-27(33)20-22-37(34)41-24-10-8-16-36(30)41)42-38-17-5-3-13-31(38)32-14-4-6-18-39(32)42/h1-19,21,23-25,34,37H,20,22,26H2/q+2. The van der Waals surface area contributed by atoms with Crippen molar-refractivity contribution in [1.82, 2.24) is 4.57 Å². The number of hydrogen-bond acceptors (Lipinski definition) is 0. The first kappa shape index (κ1) is 23.7. The molecule has 2 aliphatic heterocycles. The first-order chi connectivity index (χ1) is 20.8. The normalized spacial score (nSPS) is 17.2. The third-order valence-corrected chi connectivity index (χ3v) is 9.60. The van der Waals surface area contributed by atoms with Gasteiger partial charge in [-0.2, -0.15) is 9.13 Å².